The van der Waals surface area contributed by atoms with Crippen LogP contribution in [-0.2, 0) is 9.59 Å². The van der Waals surface area contributed by atoms with E-state index in [-0.39, 0.29) is 29.8 Å². The van der Waals surface area contributed by atoms with Gasteiger partial charge in [-0.2, -0.15) is 0 Å². The van der Waals surface area contributed by atoms with Crippen molar-refractivity contribution in [1.82, 2.24) is 14.8 Å². The minimum atomic E-state index is -0.664. The molecule has 2 aromatic carbocycles. The van der Waals surface area contributed by atoms with E-state index in [4.69, 9.17) is 5.73 Å². The number of rotatable bonds is 7. The Balaban J connectivity index is 1.48. The summed E-state index contributed by atoms with van der Waals surface area (Å²) in [6, 6.07) is 13.7. The molecule has 0 saturated carbocycles. The molecule has 2 heterocycles. The summed E-state index contributed by atoms with van der Waals surface area (Å²) in [6.45, 7) is 6.29. The molecule has 4 rings (SSSR count). The lowest BCUT2D eigenvalue weighted by molar-refractivity contribution is -0.130. The smallest absolute Gasteiger partial charge is 0.295 e. The highest BCUT2D eigenvalue weighted by Gasteiger charge is 2.34. The van der Waals surface area contributed by atoms with Crippen LogP contribution in [0.25, 0.3) is 10.9 Å². The second-order valence-electron chi connectivity index (χ2n) is 8.92. The van der Waals surface area contributed by atoms with Crippen molar-refractivity contribution < 1.29 is 19.2 Å². The maximum Gasteiger partial charge on any atom is 0.295 e. The van der Waals surface area contributed by atoms with Crippen LogP contribution in [0.5, 0.6) is 0 Å². The molecule has 4 N–H and O–H groups in total. The van der Waals surface area contributed by atoms with Gasteiger partial charge in [0.1, 0.15) is 0 Å². The summed E-state index contributed by atoms with van der Waals surface area (Å²) in [6.07, 6.45) is 7.72. The summed E-state index contributed by atoms with van der Waals surface area (Å²) in [5, 5.41) is 3.23. The molecule has 0 unspecified atom stereocenters. The van der Waals surface area contributed by atoms with Crippen molar-refractivity contribution in [2.75, 3.05) is 25.0 Å². The van der Waals surface area contributed by atoms with Crippen molar-refractivity contribution in [3.8, 4) is 0 Å². The number of carbonyl (C=O) groups excluding carboxylic acids is 4. The third-order valence-electron chi connectivity index (χ3n) is 6.38. The zero-order valence-electron chi connectivity index (χ0n) is 21.0. The molecule has 9 nitrogen and oxygen atoms in total. The molecule has 9 heteroatoms. The predicted octanol–water partition coefficient (Wildman–Crippen LogP) is 3.25. The van der Waals surface area contributed by atoms with Crippen LogP contribution in [0, 0.1) is 0 Å². The van der Waals surface area contributed by atoms with Crippen LogP contribution in [0.2, 0.25) is 0 Å². The Bertz CT molecular complexity index is 1450. The molecule has 1 fully saturated rings. The van der Waals surface area contributed by atoms with Crippen LogP contribution in [0.15, 0.2) is 91.3 Å². The second-order valence-corrected chi connectivity index (χ2v) is 8.92. The topological polar surface area (TPSA) is 129 Å². The molecule has 0 bridgehead atoms. The number of ketones is 1. The van der Waals surface area contributed by atoms with Gasteiger partial charge in [-0.25, -0.2) is 0 Å². The maximum absolute atomic E-state index is 13.3. The number of nitrogens with zero attached hydrogens (tertiary/aromatic N) is 2. The van der Waals surface area contributed by atoms with Crippen LogP contribution in [0.3, 0.4) is 0 Å². The van der Waals surface area contributed by atoms with Crippen molar-refractivity contribution in [3.05, 3.63) is 102 Å². The Morgan fingerprint density at radius 3 is 2.53 bits per heavy atom. The van der Waals surface area contributed by atoms with E-state index in [0.717, 1.165) is 0 Å². The Hall–Kier alpha value is -4.92. The largest absolute Gasteiger partial charge is 0.394 e. The molecule has 194 valence electrons. The van der Waals surface area contributed by atoms with E-state index >= 15 is 0 Å². The van der Waals surface area contributed by atoms with E-state index in [1.807, 2.05) is 13.0 Å². The van der Waals surface area contributed by atoms with E-state index in [1.165, 1.54) is 17.2 Å². The number of allylic oxidation sites excluding steroid dienone is 4. The molecule has 1 aliphatic rings. The van der Waals surface area contributed by atoms with Crippen molar-refractivity contribution >= 4 is 40.1 Å². The molecule has 1 atom stereocenters. The fourth-order valence-corrected chi connectivity index (χ4v) is 4.41. The van der Waals surface area contributed by atoms with Gasteiger partial charge in [-0.15, -0.1) is 0 Å². The third-order valence-corrected chi connectivity index (χ3v) is 6.38. The molecule has 3 aromatic rings. The Labute approximate surface area is 220 Å². The average molecular weight is 512 g/mol. The molecule has 0 spiro atoms. The van der Waals surface area contributed by atoms with Gasteiger partial charge < -0.3 is 25.8 Å². The SMILES string of the molecule is C=C/C=C\C=C(/N)C(=O)Nc1cccc2c(C(=O)C(=O)N3CCN(C(=O)c4ccccc4)C[C@H]3C)c[nH]c12. The van der Waals surface area contributed by atoms with Gasteiger partial charge in [-0.1, -0.05) is 55.1 Å². The first-order chi connectivity index (χ1) is 18.3. The van der Waals surface area contributed by atoms with Gasteiger partial charge in [0.15, 0.2) is 0 Å². The zero-order chi connectivity index (χ0) is 27.2. The maximum atomic E-state index is 13.3. The number of carbonyl (C=O) groups is 4. The van der Waals surface area contributed by atoms with Gasteiger partial charge in [-0.3, -0.25) is 19.2 Å². The van der Waals surface area contributed by atoms with Crippen molar-refractivity contribution in [2.24, 2.45) is 5.73 Å². The van der Waals surface area contributed by atoms with Crippen molar-refractivity contribution in [3.63, 3.8) is 0 Å². The van der Waals surface area contributed by atoms with E-state index in [1.54, 1.807) is 65.6 Å². The lowest BCUT2D eigenvalue weighted by Crippen LogP contribution is -2.56. The number of nitrogens with two attached hydrogens (primary N) is 1. The number of aromatic nitrogens is 1. The van der Waals surface area contributed by atoms with Gasteiger partial charge in [-0.05, 0) is 31.2 Å². The third kappa shape index (κ3) is 5.41. The van der Waals surface area contributed by atoms with Gasteiger partial charge in [0, 0.05) is 42.8 Å². The molecule has 0 aliphatic carbocycles. The summed E-state index contributed by atoms with van der Waals surface area (Å²) >= 11 is 0. The molecule has 1 aromatic heterocycles. The molecule has 1 saturated heterocycles. The lowest BCUT2D eigenvalue weighted by atomic mass is 10.1. The second kappa shape index (κ2) is 11.4. The van der Waals surface area contributed by atoms with E-state index in [2.05, 4.69) is 16.9 Å². The summed E-state index contributed by atoms with van der Waals surface area (Å²) in [5.74, 6) is -1.92. The average Bonchev–Trinajstić information content (AvgIpc) is 3.37. The van der Waals surface area contributed by atoms with E-state index in [0.29, 0.717) is 35.2 Å². The fourth-order valence-electron chi connectivity index (χ4n) is 4.41. The number of H-pyrrole nitrogens is 1. The summed E-state index contributed by atoms with van der Waals surface area (Å²) in [7, 11) is 0. The number of anilines is 1. The van der Waals surface area contributed by atoms with E-state index < -0.39 is 17.6 Å². The highest BCUT2D eigenvalue weighted by Crippen LogP contribution is 2.27. The van der Waals surface area contributed by atoms with Gasteiger partial charge in [0.2, 0.25) is 0 Å². The molecular weight excluding hydrogens is 482 g/mol. The molecular formula is C29H29N5O4. The fraction of sp³-hybridized carbons (Fsp3) is 0.172. The van der Waals surface area contributed by atoms with Crippen LogP contribution in [0.1, 0.15) is 27.6 Å². The molecule has 1 aliphatic heterocycles. The lowest BCUT2D eigenvalue weighted by Gasteiger charge is -2.39. The van der Waals surface area contributed by atoms with Crippen molar-refractivity contribution in [1.29, 1.82) is 0 Å². The van der Waals surface area contributed by atoms with Crippen molar-refractivity contribution in [2.45, 2.75) is 13.0 Å². The molecule has 0 radical (unpaired) electrons. The highest BCUT2D eigenvalue weighted by atomic mass is 16.2. The number of hydrogen-bond donors (Lipinski definition) is 3. The van der Waals surface area contributed by atoms with Gasteiger partial charge in [0.05, 0.1) is 22.5 Å². The monoisotopic (exact) mass is 511 g/mol. The Kier molecular flexibility index (Phi) is 7.86. The number of hydrogen-bond acceptors (Lipinski definition) is 5. The minimum absolute atomic E-state index is 0.00277. The number of aromatic amines is 1. The molecule has 3 amide bonds. The standard InChI is InChI=1S/C29H29N5O4/c1-3-4-6-13-23(30)27(36)32-24-14-9-12-21-22(17-31-25(21)24)26(35)29(38)34-16-15-33(18-19(34)2)28(37)20-10-7-5-8-11-20/h3-14,17,19,31H,1,15-16,18,30H2,2H3,(H,32,36)/b6-4-,23-13-/t19-/m1/s1. The van der Waals surface area contributed by atoms with Crippen LogP contribution < -0.4 is 11.1 Å². The summed E-state index contributed by atoms with van der Waals surface area (Å²) in [5.41, 5.74) is 7.53. The van der Waals surface area contributed by atoms with E-state index in [9.17, 15) is 19.2 Å². The number of amides is 3. The first-order valence-electron chi connectivity index (χ1n) is 12.2. The minimum Gasteiger partial charge on any atom is -0.394 e. The van der Waals surface area contributed by atoms with Crippen LogP contribution in [0.4, 0.5) is 5.69 Å². The first-order valence-corrected chi connectivity index (χ1v) is 12.2. The predicted molar refractivity (Wildman–Crippen MR) is 146 cm³/mol. The Morgan fingerprint density at radius 2 is 1.82 bits per heavy atom. The number of fused-ring (bicyclic) bond motifs is 1. The quantitative estimate of drug-likeness (QED) is 0.194. The number of benzene rings is 2. The van der Waals surface area contributed by atoms with Crippen LogP contribution in [-0.4, -0.2) is 64.0 Å². The normalized spacial score (nSPS) is 16.0. The van der Waals surface area contributed by atoms with Gasteiger partial charge in [0.25, 0.3) is 23.5 Å². The van der Waals surface area contributed by atoms with Crippen LogP contribution >= 0.6 is 0 Å². The number of piperazine rings is 1. The first kappa shape index (κ1) is 26.2. The van der Waals surface area contributed by atoms with Gasteiger partial charge >= 0.3 is 0 Å². The number of nitrogens with one attached hydrogen (secondary N) is 2. The number of para-hydroxylation sites is 1. The Morgan fingerprint density at radius 1 is 1.05 bits per heavy atom. The summed E-state index contributed by atoms with van der Waals surface area (Å²) < 4.78 is 0. The zero-order valence-corrected chi connectivity index (χ0v) is 21.0. The molecule has 38 heavy (non-hydrogen) atoms. The highest BCUT2D eigenvalue weighted by molar-refractivity contribution is 6.45. The number of Topliss-reactive ketones (excluding diaryl/α,β-unsaturated/α-hetero) is 1. The summed E-state index contributed by atoms with van der Waals surface area (Å²) in [4.78, 5) is 58.0.